The average Bonchev–Trinajstić information content (AvgIpc) is 3.75. The molecular formula is C34H22N4S. The molecule has 0 N–H and O–H groups in total. The molecule has 0 aliphatic carbocycles. The summed E-state index contributed by atoms with van der Waals surface area (Å²) < 4.78 is 5.78. The van der Waals surface area contributed by atoms with E-state index in [1.807, 2.05) is 24.4 Å². The summed E-state index contributed by atoms with van der Waals surface area (Å²) in [4.78, 5) is 9.61. The van der Waals surface area contributed by atoms with Gasteiger partial charge >= 0.3 is 0 Å². The molecule has 8 aromatic rings. The summed E-state index contributed by atoms with van der Waals surface area (Å²) in [6.07, 6.45) is 6.07. The second kappa shape index (κ2) is 8.79. The lowest BCUT2D eigenvalue weighted by Gasteiger charge is -2.12. The van der Waals surface area contributed by atoms with Gasteiger partial charge in [-0.3, -0.25) is 4.98 Å². The number of rotatable bonds is 4. The molecule has 0 saturated heterocycles. The smallest absolute Gasteiger partial charge is 0.124 e. The normalized spacial score (nSPS) is 11.6. The topological polar surface area (TPSA) is 35.6 Å². The molecule has 0 aliphatic rings. The number of hydrogen-bond acceptors (Lipinski definition) is 3. The van der Waals surface area contributed by atoms with Crippen molar-refractivity contribution >= 4 is 43.4 Å². The van der Waals surface area contributed by atoms with Crippen molar-refractivity contribution in [3.63, 3.8) is 0 Å². The first-order valence-corrected chi connectivity index (χ1v) is 13.7. The van der Waals surface area contributed by atoms with E-state index in [1.165, 1.54) is 21.0 Å². The molecule has 4 nitrogen and oxygen atoms in total. The van der Waals surface area contributed by atoms with E-state index in [-0.39, 0.29) is 0 Å². The number of aromatic nitrogens is 4. The van der Waals surface area contributed by atoms with Crippen LogP contribution in [0, 0.1) is 0 Å². The number of pyridine rings is 1. The predicted molar refractivity (Wildman–Crippen MR) is 162 cm³/mol. The summed E-state index contributed by atoms with van der Waals surface area (Å²) in [6.45, 7) is 0. The Hall–Kier alpha value is -5.00. The summed E-state index contributed by atoms with van der Waals surface area (Å²) in [7, 11) is 0. The molecule has 0 bridgehead atoms. The van der Waals surface area contributed by atoms with E-state index >= 15 is 0 Å². The van der Waals surface area contributed by atoms with Crippen LogP contribution in [0.2, 0.25) is 0 Å². The number of hydrogen-bond donors (Lipinski definition) is 0. The van der Waals surface area contributed by atoms with Gasteiger partial charge in [-0.2, -0.15) is 0 Å². The zero-order valence-electron chi connectivity index (χ0n) is 20.9. The fraction of sp³-hybridized carbons (Fsp3) is 0. The van der Waals surface area contributed by atoms with E-state index in [4.69, 9.17) is 4.98 Å². The molecule has 8 rings (SSSR count). The highest BCUT2D eigenvalue weighted by molar-refractivity contribution is 7.21. The van der Waals surface area contributed by atoms with Gasteiger partial charge in [-0.05, 0) is 66.7 Å². The molecule has 184 valence electrons. The van der Waals surface area contributed by atoms with Gasteiger partial charge < -0.3 is 9.13 Å². The number of fused-ring (bicyclic) bond motifs is 4. The van der Waals surface area contributed by atoms with Crippen LogP contribution in [0.5, 0.6) is 0 Å². The highest BCUT2D eigenvalue weighted by Crippen LogP contribution is 2.40. The van der Waals surface area contributed by atoms with Gasteiger partial charge in [0.1, 0.15) is 5.01 Å². The van der Waals surface area contributed by atoms with Crippen LogP contribution in [0.1, 0.15) is 0 Å². The van der Waals surface area contributed by atoms with Crippen molar-refractivity contribution in [1.82, 2.24) is 19.1 Å². The number of para-hydroxylation sites is 2. The molecule has 0 aliphatic heterocycles. The SMILES string of the molecule is c1ccc(-c2cccc(-n3c4ccccc4c4c(-n5cccc5)cc(-c5nc6ccccc6s5)cc43)c2)nc1. The minimum absolute atomic E-state index is 0.961. The van der Waals surface area contributed by atoms with Crippen molar-refractivity contribution in [2.45, 2.75) is 0 Å². The van der Waals surface area contributed by atoms with Crippen LogP contribution in [0.4, 0.5) is 0 Å². The molecule has 4 aromatic carbocycles. The standard InChI is InChI=1S/C34H22N4S/c1-3-15-29-26(12-1)33-30(37-18-7-8-19-37)21-24(34-36-28-14-2-4-16-32(28)39-34)22-31(33)38(29)25-11-9-10-23(20-25)27-13-5-6-17-35-27/h1-22H. The molecule has 0 atom stereocenters. The largest absolute Gasteiger partial charge is 0.323 e. The van der Waals surface area contributed by atoms with Crippen molar-refractivity contribution in [2.24, 2.45) is 0 Å². The van der Waals surface area contributed by atoms with Gasteiger partial charge in [-0.15, -0.1) is 11.3 Å². The maximum Gasteiger partial charge on any atom is 0.124 e. The van der Waals surface area contributed by atoms with Gasteiger partial charge in [0.05, 0.1) is 32.6 Å². The maximum atomic E-state index is 5.01. The summed E-state index contributed by atoms with van der Waals surface area (Å²) in [5, 5.41) is 3.45. The highest BCUT2D eigenvalue weighted by atomic mass is 32.1. The third-order valence-electron chi connectivity index (χ3n) is 7.24. The first-order chi connectivity index (χ1) is 19.3. The number of nitrogens with zero attached hydrogens (tertiary/aromatic N) is 4. The molecule has 0 unspecified atom stereocenters. The summed E-state index contributed by atoms with van der Waals surface area (Å²) >= 11 is 1.74. The summed E-state index contributed by atoms with van der Waals surface area (Å²) in [5.74, 6) is 0. The van der Waals surface area contributed by atoms with E-state index in [2.05, 4.69) is 124 Å². The quantitative estimate of drug-likeness (QED) is 0.233. The van der Waals surface area contributed by atoms with Crippen molar-refractivity contribution < 1.29 is 0 Å². The lowest BCUT2D eigenvalue weighted by molar-refractivity contribution is 1.09. The average molecular weight is 519 g/mol. The Balaban J connectivity index is 1.46. The van der Waals surface area contributed by atoms with Crippen molar-refractivity contribution in [1.29, 1.82) is 0 Å². The van der Waals surface area contributed by atoms with Gasteiger partial charge in [0.15, 0.2) is 0 Å². The predicted octanol–water partition coefficient (Wildman–Crippen LogP) is 8.91. The van der Waals surface area contributed by atoms with E-state index in [0.29, 0.717) is 0 Å². The third-order valence-corrected chi connectivity index (χ3v) is 8.33. The van der Waals surface area contributed by atoms with Crippen LogP contribution in [0.15, 0.2) is 134 Å². The zero-order chi connectivity index (χ0) is 25.8. The molecule has 0 amide bonds. The first-order valence-electron chi connectivity index (χ1n) is 12.9. The Morgan fingerprint density at radius 3 is 2.36 bits per heavy atom. The zero-order valence-corrected chi connectivity index (χ0v) is 21.7. The van der Waals surface area contributed by atoms with Crippen LogP contribution in [0.25, 0.3) is 65.2 Å². The van der Waals surface area contributed by atoms with Gasteiger partial charge in [0.25, 0.3) is 0 Å². The lowest BCUT2D eigenvalue weighted by Crippen LogP contribution is -1.97. The highest BCUT2D eigenvalue weighted by Gasteiger charge is 2.19. The molecule has 4 heterocycles. The number of thiazole rings is 1. The molecule has 0 spiro atoms. The molecule has 0 fully saturated rings. The monoisotopic (exact) mass is 518 g/mol. The van der Waals surface area contributed by atoms with E-state index in [9.17, 15) is 0 Å². The van der Waals surface area contributed by atoms with Gasteiger partial charge in [0, 0.05) is 46.2 Å². The Bertz CT molecular complexity index is 2090. The second-order valence-corrected chi connectivity index (χ2v) is 10.6. The van der Waals surface area contributed by atoms with Crippen LogP contribution in [-0.4, -0.2) is 19.1 Å². The lowest BCUT2D eigenvalue weighted by atomic mass is 10.1. The van der Waals surface area contributed by atoms with Crippen LogP contribution in [-0.2, 0) is 0 Å². The van der Waals surface area contributed by atoms with Crippen LogP contribution in [0.3, 0.4) is 0 Å². The van der Waals surface area contributed by atoms with Gasteiger partial charge in [-0.1, -0.05) is 48.5 Å². The molecule has 39 heavy (non-hydrogen) atoms. The number of benzene rings is 4. The molecule has 5 heteroatoms. The molecule has 0 saturated carbocycles. The Morgan fingerprint density at radius 1 is 0.641 bits per heavy atom. The Morgan fingerprint density at radius 2 is 1.49 bits per heavy atom. The first kappa shape index (κ1) is 22.0. The molecule has 0 radical (unpaired) electrons. The minimum Gasteiger partial charge on any atom is -0.323 e. The Labute approximate surface area is 229 Å². The fourth-order valence-electron chi connectivity index (χ4n) is 5.51. The van der Waals surface area contributed by atoms with E-state index in [1.54, 1.807) is 11.3 Å². The fourth-order valence-corrected chi connectivity index (χ4v) is 6.46. The van der Waals surface area contributed by atoms with Crippen molar-refractivity contribution in [2.75, 3.05) is 0 Å². The maximum absolute atomic E-state index is 5.01. The molecular weight excluding hydrogens is 496 g/mol. The molecule has 4 aromatic heterocycles. The summed E-state index contributed by atoms with van der Waals surface area (Å²) in [5.41, 5.74) is 8.75. The van der Waals surface area contributed by atoms with Crippen LogP contribution >= 0.6 is 11.3 Å². The van der Waals surface area contributed by atoms with Gasteiger partial charge in [0.2, 0.25) is 0 Å². The van der Waals surface area contributed by atoms with Crippen LogP contribution < -0.4 is 0 Å². The minimum atomic E-state index is 0.961. The van der Waals surface area contributed by atoms with Gasteiger partial charge in [-0.25, -0.2) is 4.98 Å². The van der Waals surface area contributed by atoms with Crippen molar-refractivity contribution in [3.05, 3.63) is 134 Å². The van der Waals surface area contributed by atoms with Crippen molar-refractivity contribution in [3.8, 4) is 33.2 Å². The van der Waals surface area contributed by atoms with E-state index < -0.39 is 0 Å². The summed E-state index contributed by atoms with van der Waals surface area (Å²) in [6, 6.07) is 40.4. The van der Waals surface area contributed by atoms with E-state index in [0.717, 1.165) is 44.2 Å². The Kier molecular flexibility index (Phi) is 4.96. The third kappa shape index (κ3) is 3.59. The second-order valence-electron chi connectivity index (χ2n) is 9.58.